The van der Waals surface area contributed by atoms with Gasteiger partial charge in [-0.3, -0.25) is 9.78 Å². The lowest BCUT2D eigenvalue weighted by atomic mass is 10.2. The van der Waals surface area contributed by atoms with Crippen molar-refractivity contribution in [2.24, 2.45) is 0 Å². The lowest BCUT2D eigenvalue weighted by molar-refractivity contribution is 0.632. The second kappa shape index (κ2) is 5.13. The summed E-state index contributed by atoms with van der Waals surface area (Å²) in [4.78, 5) is 18.0. The first-order valence-electron chi connectivity index (χ1n) is 6.18. The van der Waals surface area contributed by atoms with Crippen LogP contribution in [0.4, 0.5) is 10.1 Å². The van der Waals surface area contributed by atoms with E-state index in [2.05, 4.69) is 15.3 Å². The zero-order valence-electron chi connectivity index (χ0n) is 10.6. The van der Waals surface area contributed by atoms with Gasteiger partial charge >= 0.3 is 0 Å². The van der Waals surface area contributed by atoms with Crippen LogP contribution in [-0.2, 0) is 6.54 Å². The fraction of sp³-hybridized carbons (Fsp3) is 0.0667. The fourth-order valence-corrected chi connectivity index (χ4v) is 2.01. The van der Waals surface area contributed by atoms with Gasteiger partial charge < -0.3 is 10.3 Å². The highest BCUT2D eigenvalue weighted by Crippen LogP contribution is 2.21. The van der Waals surface area contributed by atoms with Gasteiger partial charge in [-0.25, -0.2) is 4.39 Å². The molecule has 0 fully saturated rings. The minimum absolute atomic E-state index is 0.206. The summed E-state index contributed by atoms with van der Waals surface area (Å²) < 4.78 is 14.0. The molecule has 3 rings (SSSR count). The van der Waals surface area contributed by atoms with Crippen LogP contribution in [0.1, 0.15) is 5.56 Å². The van der Waals surface area contributed by atoms with Crippen LogP contribution in [0.5, 0.6) is 0 Å². The van der Waals surface area contributed by atoms with Gasteiger partial charge in [0.1, 0.15) is 5.82 Å². The smallest absolute Gasteiger partial charge is 0.248 e. The lowest BCUT2D eigenvalue weighted by Crippen LogP contribution is -2.05. The Labute approximate surface area is 114 Å². The molecule has 2 aromatic heterocycles. The van der Waals surface area contributed by atoms with Gasteiger partial charge in [-0.2, -0.15) is 0 Å². The van der Waals surface area contributed by atoms with Crippen molar-refractivity contribution in [2.75, 3.05) is 5.32 Å². The van der Waals surface area contributed by atoms with Crippen LogP contribution >= 0.6 is 0 Å². The largest absolute Gasteiger partial charge is 0.378 e. The van der Waals surface area contributed by atoms with E-state index in [4.69, 9.17) is 0 Å². The summed E-state index contributed by atoms with van der Waals surface area (Å²) in [5, 5.41) is 3.66. The molecule has 0 unspecified atom stereocenters. The zero-order chi connectivity index (χ0) is 13.9. The Bertz CT molecular complexity index is 799. The van der Waals surface area contributed by atoms with Crippen molar-refractivity contribution in [2.45, 2.75) is 6.54 Å². The Balaban J connectivity index is 1.91. The third-order valence-electron chi connectivity index (χ3n) is 3.02. The molecule has 0 bridgehead atoms. The van der Waals surface area contributed by atoms with Crippen LogP contribution in [0, 0.1) is 5.82 Å². The molecular formula is C15H12FN3O. The van der Waals surface area contributed by atoms with E-state index in [1.54, 1.807) is 24.5 Å². The van der Waals surface area contributed by atoms with Crippen molar-refractivity contribution in [3.05, 3.63) is 70.5 Å². The Morgan fingerprint density at radius 2 is 2.15 bits per heavy atom. The van der Waals surface area contributed by atoms with E-state index < -0.39 is 0 Å². The van der Waals surface area contributed by atoms with Crippen molar-refractivity contribution in [1.82, 2.24) is 9.97 Å². The van der Waals surface area contributed by atoms with E-state index in [1.807, 2.05) is 12.1 Å². The molecule has 2 N–H and O–H groups in total. The van der Waals surface area contributed by atoms with Gasteiger partial charge in [0, 0.05) is 30.4 Å². The van der Waals surface area contributed by atoms with Gasteiger partial charge in [0.2, 0.25) is 5.56 Å². The first kappa shape index (κ1) is 12.3. The molecule has 1 aromatic carbocycles. The van der Waals surface area contributed by atoms with E-state index in [0.717, 1.165) is 5.56 Å². The van der Waals surface area contributed by atoms with Crippen molar-refractivity contribution in [3.8, 4) is 0 Å². The second-order valence-electron chi connectivity index (χ2n) is 4.46. The summed E-state index contributed by atoms with van der Waals surface area (Å²) >= 11 is 0. The number of pyridine rings is 2. The van der Waals surface area contributed by atoms with E-state index in [1.165, 1.54) is 12.1 Å². The minimum atomic E-state index is -0.353. The summed E-state index contributed by atoms with van der Waals surface area (Å²) in [6.07, 6.45) is 3.40. The molecule has 0 aliphatic rings. The van der Waals surface area contributed by atoms with Gasteiger partial charge in [0.25, 0.3) is 0 Å². The van der Waals surface area contributed by atoms with E-state index in [-0.39, 0.29) is 11.4 Å². The SMILES string of the molecule is O=c1ccc2cc(F)c(NCc3cccnc3)cc2[nH]1. The van der Waals surface area contributed by atoms with Gasteiger partial charge in [-0.1, -0.05) is 6.07 Å². The first-order valence-corrected chi connectivity index (χ1v) is 6.18. The second-order valence-corrected chi connectivity index (χ2v) is 4.46. The molecular weight excluding hydrogens is 257 g/mol. The topological polar surface area (TPSA) is 57.8 Å². The molecule has 3 aromatic rings. The van der Waals surface area contributed by atoms with Crippen LogP contribution in [0.15, 0.2) is 53.6 Å². The van der Waals surface area contributed by atoms with Crippen LogP contribution in [0.25, 0.3) is 10.9 Å². The number of nitrogens with one attached hydrogen (secondary N) is 2. The third kappa shape index (κ3) is 2.51. The molecule has 0 aliphatic heterocycles. The number of nitrogens with zero attached hydrogens (tertiary/aromatic N) is 1. The number of halogens is 1. The molecule has 0 atom stereocenters. The normalized spacial score (nSPS) is 10.7. The van der Waals surface area contributed by atoms with Crippen molar-refractivity contribution in [3.63, 3.8) is 0 Å². The summed E-state index contributed by atoms with van der Waals surface area (Å²) in [5.74, 6) is -0.353. The number of hydrogen-bond acceptors (Lipinski definition) is 3. The maximum atomic E-state index is 14.0. The van der Waals surface area contributed by atoms with Crippen LogP contribution in [-0.4, -0.2) is 9.97 Å². The zero-order valence-corrected chi connectivity index (χ0v) is 10.6. The molecule has 0 saturated carbocycles. The van der Waals surface area contributed by atoms with E-state index in [9.17, 15) is 9.18 Å². The maximum Gasteiger partial charge on any atom is 0.248 e. The van der Waals surface area contributed by atoms with Crippen LogP contribution in [0.3, 0.4) is 0 Å². The van der Waals surface area contributed by atoms with Gasteiger partial charge in [-0.05, 0) is 29.8 Å². The first-order chi connectivity index (χ1) is 9.72. The van der Waals surface area contributed by atoms with E-state index in [0.29, 0.717) is 23.1 Å². The van der Waals surface area contributed by atoms with Crippen molar-refractivity contribution >= 4 is 16.6 Å². The molecule has 0 amide bonds. The highest BCUT2D eigenvalue weighted by Gasteiger charge is 2.05. The number of aromatic amines is 1. The Morgan fingerprint density at radius 1 is 1.25 bits per heavy atom. The number of anilines is 1. The number of fused-ring (bicyclic) bond motifs is 1. The standard InChI is InChI=1S/C15H12FN3O/c16-12-6-11-3-4-15(20)19-13(11)7-14(12)18-9-10-2-1-5-17-8-10/h1-8,18H,9H2,(H,19,20). The average molecular weight is 269 g/mol. The van der Waals surface area contributed by atoms with E-state index >= 15 is 0 Å². The highest BCUT2D eigenvalue weighted by molar-refractivity contribution is 5.82. The van der Waals surface area contributed by atoms with Crippen molar-refractivity contribution in [1.29, 1.82) is 0 Å². The van der Waals surface area contributed by atoms with Crippen LogP contribution in [0.2, 0.25) is 0 Å². The highest BCUT2D eigenvalue weighted by atomic mass is 19.1. The molecule has 100 valence electrons. The van der Waals surface area contributed by atoms with Crippen LogP contribution < -0.4 is 10.9 Å². The monoisotopic (exact) mass is 269 g/mol. The average Bonchev–Trinajstić information content (AvgIpc) is 2.46. The number of aromatic nitrogens is 2. The van der Waals surface area contributed by atoms with Gasteiger partial charge in [0.15, 0.2) is 0 Å². The van der Waals surface area contributed by atoms with Crippen molar-refractivity contribution < 1.29 is 4.39 Å². The summed E-state index contributed by atoms with van der Waals surface area (Å²) in [5.41, 5.74) is 1.70. The predicted octanol–water partition coefficient (Wildman–Crippen LogP) is 2.67. The van der Waals surface area contributed by atoms with Gasteiger partial charge in [0.05, 0.1) is 11.2 Å². The molecule has 0 saturated heterocycles. The number of hydrogen-bond donors (Lipinski definition) is 2. The molecule has 0 radical (unpaired) electrons. The summed E-state index contributed by atoms with van der Waals surface area (Å²) in [6, 6.07) is 9.71. The Hall–Kier alpha value is -2.69. The maximum absolute atomic E-state index is 14.0. The number of H-pyrrole nitrogens is 1. The quantitative estimate of drug-likeness (QED) is 0.768. The minimum Gasteiger partial charge on any atom is -0.378 e. The Kier molecular flexibility index (Phi) is 3.16. The Morgan fingerprint density at radius 3 is 2.95 bits per heavy atom. The third-order valence-corrected chi connectivity index (χ3v) is 3.02. The molecule has 5 heteroatoms. The molecule has 20 heavy (non-hydrogen) atoms. The number of rotatable bonds is 3. The molecule has 4 nitrogen and oxygen atoms in total. The molecule has 0 aliphatic carbocycles. The predicted molar refractivity (Wildman–Crippen MR) is 76.1 cm³/mol. The summed E-state index contributed by atoms with van der Waals surface area (Å²) in [6.45, 7) is 0.466. The molecule has 2 heterocycles. The van der Waals surface area contributed by atoms with Gasteiger partial charge in [-0.15, -0.1) is 0 Å². The fourth-order valence-electron chi connectivity index (χ4n) is 2.01. The molecule has 0 spiro atoms. The number of benzene rings is 1. The lowest BCUT2D eigenvalue weighted by Gasteiger charge is -2.09. The summed E-state index contributed by atoms with van der Waals surface area (Å²) in [7, 11) is 0.